The van der Waals surface area contributed by atoms with Gasteiger partial charge in [0, 0.05) is 43.3 Å². The summed E-state index contributed by atoms with van der Waals surface area (Å²) < 4.78 is 5.54. The fraction of sp³-hybridized carbons (Fsp3) is 0.412. The van der Waals surface area contributed by atoms with Crippen molar-refractivity contribution in [3.05, 3.63) is 41.2 Å². The number of hydrogen-bond donors (Lipinski definition) is 1. The van der Waals surface area contributed by atoms with E-state index >= 15 is 0 Å². The molecule has 6 nitrogen and oxygen atoms in total. The number of amides is 1. The molecule has 1 amide bonds. The van der Waals surface area contributed by atoms with E-state index in [0.717, 1.165) is 24.3 Å². The topological polar surface area (TPSA) is 69.8 Å². The highest BCUT2D eigenvalue weighted by molar-refractivity contribution is 6.30. The van der Waals surface area contributed by atoms with Crippen molar-refractivity contribution in [2.75, 3.05) is 26.2 Å². The highest BCUT2D eigenvalue weighted by atomic mass is 35.5. The lowest BCUT2D eigenvalue weighted by Crippen LogP contribution is -2.50. The van der Waals surface area contributed by atoms with E-state index in [1.807, 2.05) is 24.3 Å². The van der Waals surface area contributed by atoms with Gasteiger partial charge in [-0.2, -0.15) is 0 Å². The zero-order valence-corrected chi connectivity index (χ0v) is 14.2. The van der Waals surface area contributed by atoms with Crippen molar-refractivity contribution in [3.63, 3.8) is 0 Å². The predicted molar refractivity (Wildman–Crippen MR) is 90.5 cm³/mol. The highest BCUT2D eigenvalue weighted by Crippen LogP contribution is 2.22. The first kappa shape index (κ1) is 17.0. The molecule has 1 N–H and O–H groups in total. The zero-order valence-electron chi connectivity index (χ0n) is 13.5. The maximum absolute atomic E-state index is 11.8. The molecule has 2 aromatic rings. The fourth-order valence-corrected chi connectivity index (χ4v) is 2.94. The average Bonchev–Trinajstić information content (AvgIpc) is 3.03. The monoisotopic (exact) mass is 349 g/mol. The lowest BCUT2D eigenvalue weighted by Gasteiger charge is -2.34. The summed E-state index contributed by atoms with van der Waals surface area (Å²) in [6.45, 7) is 4.89. The normalized spacial score (nSPS) is 17.0. The molecule has 1 aliphatic heterocycles. The van der Waals surface area contributed by atoms with Crippen LogP contribution in [0.3, 0.4) is 0 Å². The van der Waals surface area contributed by atoms with Crippen molar-refractivity contribution in [1.29, 1.82) is 0 Å². The highest BCUT2D eigenvalue weighted by Gasteiger charge is 2.24. The molecule has 2 heterocycles. The van der Waals surface area contributed by atoms with E-state index in [4.69, 9.17) is 16.0 Å². The summed E-state index contributed by atoms with van der Waals surface area (Å²) in [5, 5.41) is 10.0. The van der Waals surface area contributed by atoms with E-state index in [2.05, 4.69) is 9.88 Å². The number of rotatable bonds is 4. The predicted octanol–water partition coefficient (Wildman–Crippen LogP) is 2.02. The molecule has 0 spiro atoms. The molecule has 1 aromatic heterocycles. The SMILES string of the molecule is CC(O)C(=O)N1CCN(Cc2coc(-c3cccc(Cl)c3)n2)CC1. The van der Waals surface area contributed by atoms with Crippen LogP contribution in [0.15, 0.2) is 34.9 Å². The van der Waals surface area contributed by atoms with Gasteiger partial charge in [-0.15, -0.1) is 0 Å². The van der Waals surface area contributed by atoms with E-state index in [0.29, 0.717) is 30.5 Å². The van der Waals surface area contributed by atoms with E-state index in [1.165, 1.54) is 6.92 Å². The fourth-order valence-electron chi connectivity index (χ4n) is 2.75. The maximum atomic E-state index is 11.8. The second kappa shape index (κ2) is 7.34. The number of carbonyl (C=O) groups excluding carboxylic acids is 1. The number of hydrogen-bond acceptors (Lipinski definition) is 5. The first-order valence-corrected chi connectivity index (χ1v) is 8.30. The van der Waals surface area contributed by atoms with Crippen LogP contribution < -0.4 is 0 Å². The Balaban J connectivity index is 1.57. The molecular formula is C17H20ClN3O3. The number of benzene rings is 1. The number of halogens is 1. The molecule has 7 heteroatoms. The van der Waals surface area contributed by atoms with Crippen molar-refractivity contribution in [2.24, 2.45) is 0 Å². The molecular weight excluding hydrogens is 330 g/mol. The molecule has 1 fully saturated rings. The molecule has 1 aliphatic rings. The van der Waals surface area contributed by atoms with Crippen LogP contribution in [0.2, 0.25) is 5.02 Å². The first-order valence-electron chi connectivity index (χ1n) is 7.92. The van der Waals surface area contributed by atoms with E-state index in [1.54, 1.807) is 11.2 Å². The molecule has 1 unspecified atom stereocenters. The Bertz CT molecular complexity index is 709. The summed E-state index contributed by atoms with van der Waals surface area (Å²) in [6.07, 6.45) is 0.719. The summed E-state index contributed by atoms with van der Waals surface area (Å²) in [5.41, 5.74) is 1.70. The molecule has 3 rings (SSSR count). The molecule has 1 atom stereocenters. The number of oxazole rings is 1. The van der Waals surface area contributed by atoms with Crippen molar-refractivity contribution < 1.29 is 14.3 Å². The van der Waals surface area contributed by atoms with E-state index in [-0.39, 0.29) is 5.91 Å². The van der Waals surface area contributed by atoms with Gasteiger partial charge < -0.3 is 14.4 Å². The van der Waals surface area contributed by atoms with Gasteiger partial charge in [0.15, 0.2) is 0 Å². The number of aliphatic hydroxyl groups is 1. The van der Waals surface area contributed by atoms with Crippen LogP contribution >= 0.6 is 11.6 Å². The van der Waals surface area contributed by atoms with Crippen LogP contribution in [-0.2, 0) is 11.3 Å². The minimum Gasteiger partial charge on any atom is -0.444 e. The van der Waals surface area contributed by atoms with Gasteiger partial charge in [0.1, 0.15) is 12.4 Å². The lowest BCUT2D eigenvalue weighted by atomic mass is 10.2. The summed E-state index contributed by atoms with van der Waals surface area (Å²) >= 11 is 5.99. The van der Waals surface area contributed by atoms with Crippen LogP contribution in [0.5, 0.6) is 0 Å². The maximum Gasteiger partial charge on any atom is 0.251 e. The third-order valence-corrected chi connectivity index (χ3v) is 4.29. The van der Waals surface area contributed by atoms with Gasteiger partial charge in [0.05, 0.1) is 5.69 Å². The van der Waals surface area contributed by atoms with Gasteiger partial charge >= 0.3 is 0 Å². The Hall–Kier alpha value is -1.89. The smallest absolute Gasteiger partial charge is 0.251 e. The molecule has 1 aromatic carbocycles. The van der Waals surface area contributed by atoms with Gasteiger partial charge in [0.25, 0.3) is 5.91 Å². The summed E-state index contributed by atoms with van der Waals surface area (Å²) in [7, 11) is 0. The second-order valence-electron chi connectivity index (χ2n) is 5.93. The molecule has 0 saturated carbocycles. The molecule has 0 aliphatic carbocycles. The number of aliphatic hydroxyl groups excluding tert-OH is 1. The van der Waals surface area contributed by atoms with Crippen molar-refractivity contribution in [1.82, 2.24) is 14.8 Å². The quantitative estimate of drug-likeness (QED) is 0.914. The summed E-state index contributed by atoms with van der Waals surface area (Å²) in [6, 6.07) is 7.39. The molecule has 24 heavy (non-hydrogen) atoms. The summed E-state index contributed by atoms with van der Waals surface area (Å²) in [4.78, 5) is 20.2. The van der Waals surface area contributed by atoms with Crippen molar-refractivity contribution in [2.45, 2.75) is 19.6 Å². The van der Waals surface area contributed by atoms with Crippen LogP contribution in [0.25, 0.3) is 11.5 Å². The molecule has 1 saturated heterocycles. The number of nitrogens with zero attached hydrogens (tertiary/aromatic N) is 3. The van der Waals surface area contributed by atoms with Gasteiger partial charge in [-0.25, -0.2) is 4.98 Å². The number of piperazine rings is 1. The van der Waals surface area contributed by atoms with Crippen LogP contribution in [-0.4, -0.2) is 58.1 Å². The van der Waals surface area contributed by atoms with Crippen LogP contribution in [0.4, 0.5) is 0 Å². The Morgan fingerprint density at radius 1 is 1.38 bits per heavy atom. The van der Waals surface area contributed by atoms with E-state index < -0.39 is 6.10 Å². The minimum absolute atomic E-state index is 0.209. The molecule has 0 radical (unpaired) electrons. The van der Waals surface area contributed by atoms with Gasteiger partial charge in [-0.1, -0.05) is 17.7 Å². The molecule has 128 valence electrons. The average molecular weight is 350 g/mol. The lowest BCUT2D eigenvalue weighted by molar-refractivity contribution is -0.141. The molecule has 0 bridgehead atoms. The van der Waals surface area contributed by atoms with Crippen LogP contribution in [0.1, 0.15) is 12.6 Å². The van der Waals surface area contributed by atoms with Crippen molar-refractivity contribution in [3.8, 4) is 11.5 Å². The third-order valence-electron chi connectivity index (χ3n) is 4.05. The Morgan fingerprint density at radius 2 is 2.12 bits per heavy atom. The second-order valence-corrected chi connectivity index (χ2v) is 6.37. The standard InChI is InChI=1S/C17H20ClN3O3/c1-12(22)17(23)21-7-5-20(6-8-21)10-15-11-24-16(19-15)13-3-2-4-14(18)9-13/h2-4,9,11-12,22H,5-8,10H2,1H3. The number of carbonyl (C=O) groups is 1. The zero-order chi connectivity index (χ0) is 17.1. The largest absolute Gasteiger partial charge is 0.444 e. The Kier molecular flexibility index (Phi) is 5.18. The van der Waals surface area contributed by atoms with Gasteiger partial charge in [-0.05, 0) is 25.1 Å². The van der Waals surface area contributed by atoms with Gasteiger partial charge in [0.2, 0.25) is 5.89 Å². The Labute approximate surface area is 145 Å². The number of aromatic nitrogens is 1. The minimum atomic E-state index is -0.938. The van der Waals surface area contributed by atoms with Gasteiger partial charge in [-0.3, -0.25) is 9.69 Å². The van der Waals surface area contributed by atoms with Crippen molar-refractivity contribution >= 4 is 17.5 Å². The van der Waals surface area contributed by atoms with Crippen LogP contribution in [0, 0.1) is 0 Å². The Morgan fingerprint density at radius 3 is 2.79 bits per heavy atom. The van der Waals surface area contributed by atoms with E-state index in [9.17, 15) is 9.90 Å². The summed E-state index contributed by atoms with van der Waals surface area (Å²) in [5.74, 6) is 0.342. The first-order chi connectivity index (χ1) is 11.5. The third kappa shape index (κ3) is 3.95.